The molecule has 0 fully saturated rings. The van der Waals surface area contributed by atoms with Crippen LogP contribution in [0, 0.1) is 6.92 Å². The Bertz CT molecular complexity index is 1070. The van der Waals surface area contributed by atoms with Crippen LogP contribution in [0.25, 0.3) is 11.1 Å². The summed E-state index contributed by atoms with van der Waals surface area (Å²) in [5, 5.41) is 9.27. The van der Waals surface area contributed by atoms with Crippen LogP contribution in [0.4, 0.5) is 13.2 Å². The fourth-order valence-corrected chi connectivity index (χ4v) is 3.56. The summed E-state index contributed by atoms with van der Waals surface area (Å²) in [4.78, 5) is 0.0333. The number of aryl methyl sites for hydroxylation is 1. The van der Waals surface area contributed by atoms with Crippen molar-refractivity contribution in [2.75, 3.05) is 0 Å². The number of benzene rings is 3. The van der Waals surface area contributed by atoms with Gasteiger partial charge in [-0.1, -0.05) is 54.1 Å². The van der Waals surface area contributed by atoms with E-state index < -0.39 is 22.4 Å². The van der Waals surface area contributed by atoms with E-state index in [4.69, 9.17) is 4.18 Å². The minimum Gasteiger partial charge on any atom is -0.379 e. The van der Waals surface area contributed by atoms with E-state index in [1.54, 1.807) is 24.3 Å². The minimum absolute atomic E-state index is 0.0333. The van der Waals surface area contributed by atoms with Crippen molar-refractivity contribution < 1.29 is 30.9 Å². The van der Waals surface area contributed by atoms with Crippen molar-refractivity contribution in [3.63, 3.8) is 0 Å². The van der Waals surface area contributed by atoms with Gasteiger partial charge in [0.2, 0.25) is 0 Å². The van der Waals surface area contributed by atoms with Crippen molar-refractivity contribution in [3.05, 3.63) is 83.9 Å². The lowest BCUT2D eigenvalue weighted by molar-refractivity contribution is -0.206. The van der Waals surface area contributed by atoms with Gasteiger partial charge in [0.1, 0.15) is 10.6 Å². The van der Waals surface area contributed by atoms with Gasteiger partial charge in [0, 0.05) is 0 Å². The highest BCUT2D eigenvalue weighted by Crippen LogP contribution is 2.33. The van der Waals surface area contributed by atoms with Crippen LogP contribution in [-0.2, 0) is 10.1 Å². The molecule has 0 aromatic heterocycles. The smallest absolute Gasteiger partial charge is 0.379 e. The summed E-state index contributed by atoms with van der Waals surface area (Å²) >= 11 is 0. The molecule has 1 atom stereocenters. The fraction of sp³-hybridized carbons (Fsp3) is 0.143. The molecule has 0 aliphatic heterocycles. The average Bonchev–Trinajstić information content (AvgIpc) is 2.67. The molecule has 29 heavy (non-hydrogen) atoms. The third-order valence-corrected chi connectivity index (χ3v) is 5.50. The molecule has 0 heterocycles. The highest BCUT2D eigenvalue weighted by Gasteiger charge is 2.39. The first-order valence-electron chi connectivity index (χ1n) is 8.52. The van der Waals surface area contributed by atoms with E-state index in [1.165, 1.54) is 48.5 Å². The van der Waals surface area contributed by atoms with Crippen molar-refractivity contribution in [2.45, 2.75) is 24.1 Å². The van der Waals surface area contributed by atoms with Crippen LogP contribution in [0.3, 0.4) is 0 Å². The molecule has 152 valence electrons. The van der Waals surface area contributed by atoms with Crippen molar-refractivity contribution in [1.82, 2.24) is 0 Å². The molecule has 3 rings (SSSR count). The van der Waals surface area contributed by atoms with E-state index in [-0.39, 0.29) is 16.2 Å². The number of halogens is 3. The van der Waals surface area contributed by atoms with Crippen LogP contribution in [0.2, 0.25) is 0 Å². The molecule has 0 aliphatic carbocycles. The Balaban J connectivity index is 1.76. The summed E-state index contributed by atoms with van der Waals surface area (Å²) in [6, 6.07) is 17.6. The monoisotopic (exact) mass is 422 g/mol. The van der Waals surface area contributed by atoms with E-state index in [9.17, 15) is 26.7 Å². The molecule has 0 unspecified atom stereocenters. The van der Waals surface area contributed by atoms with Crippen LogP contribution in [0.15, 0.2) is 77.7 Å². The zero-order valence-corrected chi connectivity index (χ0v) is 16.0. The molecule has 4 nitrogen and oxygen atoms in total. The lowest BCUT2D eigenvalue weighted by Gasteiger charge is -2.15. The minimum atomic E-state index is -4.73. The van der Waals surface area contributed by atoms with Crippen molar-refractivity contribution in [3.8, 4) is 16.9 Å². The predicted octanol–water partition coefficient (Wildman–Crippen LogP) is 5.03. The van der Waals surface area contributed by atoms with E-state index in [2.05, 4.69) is 0 Å². The quantitative estimate of drug-likeness (QED) is 0.586. The molecule has 0 bridgehead atoms. The lowest BCUT2D eigenvalue weighted by atomic mass is 10.0. The van der Waals surface area contributed by atoms with Crippen LogP contribution in [0.5, 0.6) is 5.75 Å². The molecular formula is C21H17F3O4S. The molecule has 0 saturated carbocycles. The van der Waals surface area contributed by atoms with Gasteiger partial charge in [-0.15, -0.1) is 0 Å². The third kappa shape index (κ3) is 4.96. The zero-order valence-electron chi connectivity index (χ0n) is 15.2. The first kappa shape index (κ1) is 20.9. The van der Waals surface area contributed by atoms with E-state index in [0.717, 1.165) is 5.56 Å². The van der Waals surface area contributed by atoms with Gasteiger partial charge in [0.15, 0.2) is 6.10 Å². The molecule has 1 N–H and O–H groups in total. The van der Waals surface area contributed by atoms with Crippen LogP contribution < -0.4 is 4.18 Å². The normalized spacial score (nSPS) is 13.1. The van der Waals surface area contributed by atoms with Gasteiger partial charge in [-0.3, -0.25) is 0 Å². The number of hydrogen-bond acceptors (Lipinski definition) is 4. The Morgan fingerprint density at radius 3 is 1.79 bits per heavy atom. The number of alkyl halides is 3. The molecule has 0 amide bonds. The average molecular weight is 422 g/mol. The Morgan fingerprint density at radius 1 is 0.828 bits per heavy atom. The van der Waals surface area contributed by atoms with Crippen LogP contribution in [0.1, 0.15) is 17.2 Å². The largest absolute Gasteiger partial charge is 0.418 e. The Labute approximate surface area is 166 Å². The molecular weight excluding hydrogens is 405 g/mol. The number of aliphatic hydroxyl groups is 1. The molecule has 0 radical (unpaired) electrons. The van der Waals surface area contributed by atoms with Crippen molar-refractivity contribution in [1.29, 1.82) is 0 Å². The van der Waals surface area contributed by atoms with Crippen LogP contribution >= 0.6 is 0 Å². The maximum absolute atomic E-state index is 12.6. The van der Waals surface area contributed by atoms with E-state index in [0.29, 0.717) is 11.1 Å². The highest BCUT2D eigenvalue weighted by molar-refractivity contribution is 7.87. The van der Waals surface area contributed by atoms with Gasteiger partial charge in [-0.25, -0.2) is 0 Å². The van der Waals surface area contributed by atoms with Crippen molar-refractivity contribution in [2.24, 2.45) is 0 Å². The molecule has 0 saturated heterocycles. The summed E-state index contributed by atoms with van der Waals surface area (Å²) in [5.41, 5.74) is 1.92. The first-order chi connectivity index (χ1) is 13.6. The zero-order chi connectivity index (χ0) is 21.2. The van der Waals surface area contributed by atoms with E-state index in [1.807, 2.05) is 6.92 Å². The van der Waals surface area contributed by atoms with Gasteiger partial charge < -0.3 is 9.29 Å². The Kier molecular flexibility index (Phi) is 5.68. The number of hydrogen-bond donors (Lipinski definition) is 1. The molecule has 0 aliphatic rings. The Hall–Kier alpha value is -2.84. The summed E-state index contributed by atoms with van der Waals surface area (Å²) in [5.74, 6) is 0.110. The molecule has 8 heteroatoms. The standard InChI is InChI=1S/C21H17F3O4S/c1-14-2-12-19(13-3-14)29(26,27)28-18-10-8-16(9-11-18)15-4-6-17(7-5-15)20(25)21(22,23)24/h2-13,20,25H,1H3/t20-/m1/s1. The van der Waals surface area contributed by atoms with Gasteiger partial charge in [-0.2, -0.15) is 21.6 Å². The summed E-state index contributed by atoms with van der Waals surface area (Å²) < 4.78 is 67.4. The second kappa shape index (κ2) is 7.88. The predicted molar refractivity (Wildman–Crippen MR) is 102 cm³/mol. The second-order valence-electron chi connectivity index (χ2n) is 6.44. The Morgan fingerprint density at radius 2 is 1.31 bits per heavy atom. The first-order valence-corrected chi connectivity index (χ1v) is 9.93. The maximum atomic E-state index is 12.6. The second-order valence-corrected chi connectivity index (χ2v) is 7.99. The SMILES string of the molecule is Cc1ccc(S(=O)(=O)Oc2ccc(-c3ccc([C@@H](O)C(F)(F)F)cc3)cc2)cc1. The summed E-state index contributed by atoms with van der Waals surface area (Å²) in [7, 11) is -3.97. The molecule has 3 aromatic rings. The lowest BCUT2D eigenvalue weighted by Crippen LogP contribution is -2.19. The third-order valence-electron chi connectivity index (χ3n) is 4.24. The fourth-order valence-electron chi connectivity index (χ4n) is 2.63. The van der Waals surface area contributed by atoms with Crippen LogP contribution in [-0.4, -0.2) is 19.7 Å². The van der Waals surface area contributed by atoms with Gasteiger partial charge in [0.25, 0.3) is 0 Å². The number of rotatable bonds is 5. The number of aliphatic hydroxyl groups excluding tert-OH is 1. The maximum Gasteiger partial charge on any atom is 0.418 e. The molecule has 3 aromatic carbocycles. The van der Waals surface area contributed by atoms with Gasteiger partial charge >= 0.3 is 16.3 Å². The van der Waals surface area contributed by atoms with E-state index >= 15 is 0 Å². The highest BCUT2D eigenvalue weighted by atomic mass is 32.2. The van der Waals surface area contributed by atoms with Gasteiger partial charge in [0.05, 0.1) is 0 Å². The summed E-state index contributed by atoms with van der Waals surface area (Å²) in [6.07, 6.45) is -7.28. The topological polar surface area (TPSA) is 63.6 Å². The van der Waals surface area contributed by atoms with Crippen molar-refractivity contribution >= 4 is 10.1 Å². The molecule has 0 spiro atoms. The summed E-state index contributed by atoms with van der Waals surface area (Å²) in [6.45, 7) is 1.84. The van der Waals surface area contributed by atoms with Gasteiger partial charge in [-0.05, 0) is 47.9 Å².